The van der Waals surface area contributed by atoms with Crippen molar-refractivity contribution in [3.05, 3.63) is 35.4 Å². The highest BCUT2D eigenvalue weighted by atomic mass is 19.1. The molecule has 88 valence electrons. The molecular weight excluding hydrogens is 214 g/mol. The van der Waals surface area contributed by atoms with Crippen molar-refractivity contribution >= 4 is 5.91 Å². The van der Waals surface area contributed by atoms with Crippen molar-refractivity contribution < 1.29 is 13.6 Å². The van der Waals surface area contributed by atoms with E-state index in [1.165, 1.54) is 6.07 Å². The third-order valence-corrected chi connectivity index (χ3v) is 1.74. The van der Waals surface area contributed by atoms with Crippen LogP contribution in [0.2, 0.25) is 0 Å². The van der Waals surface area contributed by atoms with Crippen LogP contribution >= 0.6 is 0 Å². The summed E-state index contributed by atoms with van der Waals surface area (Å²) in [6.45, 7) is 5.43. The zero-order valence-electron chi connectivity index (χ0n) is 9.40. The quantitative estimate of drug-likeness (QED) is 0.760. The van der Waals surface area contributed by atoms with Gasteiger partial charge in [0.15, 0.2) is 0 Å². The molecule has 1 aromatic rings. The van der Waals surface area contributed by atoms with E-state index < -0.39 is 23.1 Å². The molecular formula is C11H14F2N2O. The number of rotatable bonds is 2. The minimum absolute atomic E-state index is 0.378. The average Bonchev–Trinajstić information content (AvgIpc) is 2.13. The van der Waals surface area contributed by atoms with Gasteiger partial charge in [0, 0.05) is 5.54 Å². The van der Waals surface area contributed by atoms with E-state index >= 15 is 0 Å². The number of amides is 1. The summed E-state index contributed by atoms with van der Waals surface area (Å²) >= 11 is 0. The lowest BCUT2D eigenvalue weighted by Gasteiger charge is -2.21. The zero-order valence-corrected chi connectivity index (χ0v) is 9.40. The summed E-state index contributed by atoms with van der Waals surface area (Å²) in [6.07, 6.45) is 0. The number of carbonyl (C=O) groups excluding carboxylic acids is 1. The van der Waals surface area contributed by atoms with Gasteiger partial charge in [-0.3, -0.25) is 10.2 Å². The highest BCUT2D eigenvalue weighted by Gasteiger charge is 2.18. The van der Waals surface area contributed by atoms with Crippen LogP contribution in [0, 0.1) is 11.6 Å². The van der Waals surface area contributed by atoms with Crippen LogP contribution in [0.15, 0.2) is 18.2 Å². The van der Waals surface area contributed by atoms with Crippen molar-refractivity contribution in [2.24, 2.45) is 0 Å². The Morgan fingerprint density at radius 2 is 1.69 bits per heavy atom. The van der Waals surface area contributed by atoms with E-state index in [1.54, 1.807) is 0 Å². The van der Waals surface area contributed by atoms with Crippen LogP contribution in [0.5, 0.6) is 0 Å². The fourth-order valence-corrected chi connectivity index (χ4v) is 1.02. The predicted octanol–water partition coefficient (Wildman–Crippen LogP) is 2.00. The Labute approximate surface area is 92.8 Å². The van der Waals surface area contributed by atoms with E-state index in [1.807, 2.05) is 20.8 Å². The number of nitrogens with one attached hydrogen (secondary N) is 2. The number of halogens is 2. The minimum Gasteiger partial charge on any atom is -0.287 e. The van der Waals surface area contributed by atoms with Gasteiger partial charge in [0.1, 0.15) is 17.2 Å². The summed E-state index contributed by atoms with van der Waals surface area (Å²) in [6, 6.07) is 3.28. The summed E-state index contributed by atoms with van der Waals surface area (Å²) in [5.74, 6) is -2.59. The maximum atomic E-state index is 13.2. The second-order valence-electron chi connectivity index (χ2n) is 4.43. The summed E-state index contributed by atoms with van der Waals surface area (Å²) in [5, 5.41) is 0. The van der Waals surface area contributed by atoms with E-state index in [0.717, 1.165) is 12.1 Å². The molecule has 5 heteroatoms. The number of hydrogen-bond donors (Lipinski definition) is 2. The molecule has 0 saturated carbocycles. The Kier molecular flexibility index (Phi) is 3.59. The second kappa shape index (κ2) is 4.57. The lowest BCUT2D eigenvalue weighted by Crippen LogP contribution is -2.49. The van der Waals surface area contributed by atoms with Crippen LogP contribution < -0.4 is 10.9 Å². The Balaban J connectivity index is 2.81. The first-order chi connectivity index (χ1) is 7.31. The molecule has 1 amide bonds. The maximum absolute atomic E-state index is 13.2. The standard InChI is InChI=1S/C11H14F2N2O/c1-11(2,3)15-14-10(16)9-7(12)5-4-6-8(9)13/h4-6,15H,1-3H3,(H,14,16). The van der Waals surface area contributed by atoms with E-state index in [9.17, 15) is 13.6 Å². The lowest BCUT2D eigenvalue weighted by atomic mass is 10.1. The summed E-state index contributed by atoms with van der Waals surface area (Å²) in [7, 11) is 0. The third kappa shape index (κ3) is 3.27. The van der Waals surface area contributed by atoms with Gasteiger partial charge < -0.3 is 0 Å². The number of carbonyl (C=O) groups is 1. The number of hydrazine groups is 1. The molecule has 0 aliphatic rings. The van der Waals surface area contributed by atoms with Crippen LogP contribution in [0.25, 0.3) is 0 Å². The fraction of sp³-hybridized carbons (Fsp3) is 0.364. The van der Waals surface area contributed by atoms with Gasteiger partial charge in [0.2, 0.25) is 0 Å². The van der Waals surface area contributed by atoms with Crippen LogP contribution in [0.4, 0.5) is 8.78 Å². The van der Waals surface area contributed by atoms with Crippen molar-refractivity contribution in [1.82, 2.24) is 10.9 Å². The molecule has 0 aliphatic carbocycles. The van der Waals surface area contributed by atoms with Gasteiger partial charge in [-0.2, -0.15) is 0 Å². The molecule has 0 fully saturated rings. The largest absolute Gasteiger partial charge is 0.287 e. The van der Waals surface area contributed by atoms with E-state index in [-0.39, 0.29) is 5.54 Å². The smallest absolute Gasteiger partial charge is 0.271 e. The average molecular weight is 228 g/mol. The van der Waals surface area contributed by atoms with Gasteiger partial charge >= 0.3 is 0 Å². The van der Waals surface area contributed by atoms with Gasteiger partial charge in [-0.1, -0.05) is 6.07 Å². The number of hydrogen-bond acceptors (Lipinski definition) is 2. The molecule has 0 saturated heterocycles. The molecule has 0 heterocycles. The summed E-state index contributed by atoms with van der Waals surface area (Å²) in [4.78, 5) is 11.5. The highest BCUT2D eigenvalue weighted by molar-refractivity contribution is 5.94. The van der Waals surface area contributed by atoms with Gasteiger partial charge in [0.05, 0.1) is 0 Å². The highest BCUT2D eigenvalue weighted by Crippen LogP contribution is 2.11. The van der Waals surface area contributed by atoms with Crippen molar-refractivity contribution in [2.45, 2.75) is 26.3 Å². The normalized spacial score (nSPS) is 11.3. The van der Waals surface area contributed by atoms with Crippen molar-refractivity contribution in [3.63, 3.8) is 0 Å². The van der Waals surface area contributed by atoms with Crippen LogP contribution in [-0.4, -0.2) is 11.4 Å². The molecule has 16 heavy (non-hydrogen) atoms. The minimum atomic E-state index is -0.881. The van der Waals surface area contributed by atoms with Gasteiger partial charge in [0.25, 0.3) is 5.91 Å². The van der Waals surface area contributed by atoms with Gasteiger partial charge in [-0.05, 0) is 32.9 Å². The topological polar surface area (TPSA) is 41.1 Å². The first-order valence-corrected chi connectivity index (χ1v) is 4.83. The van der Waals surface area contributed by atoms with Gasteiger partial charge in [-0.15, -0.1) is 0 Å². The Morgan fingerprint density at radius 1 is 1.19 bits per heavy atom. The maximum Gasteiger partial charge on any atom is 0.271 e. The molecule has 0 atom stereocenters. The summed E-state index contributed by atoms with van der Waals surface area (Å²) in [5.41, 5.74) is 3.93. The predicted molar refractivity (Wildman–Crippen MR) is 56.7 cm³/mol. The van der Waals surface area contributed by atoms with Crippen LogP contribution in [0.1, 0.15) is 31.1 Å². The van der Waals surface area contributed by atoms with E-state index in [4.69, 9.17) is 0 Å². The SMILES string of the molecule is CC(C)(C)NNC(=O)c1c(F)cccc1F. The first kappa shape index (κ1) is 12.6. The molecule has 0 aromatic heterocycles. The molecule has 2 N–H and O–H groups in total. The lowest BCUT2D eigenvalue weighted by molar-refractivity contribution is 0.0905. The Hall–Kier alpha value is -1.49. The monoisotopic (exact) mass is 228 g/mol. The van der Waals surface area contributed by atoms with E-state index in [2.05, 4.69) is 10.9 Å². The Morgan fingerprint density at radius 3 is 2.12 bits per heavy atom. The van der Waals surface area contributed by atoms with Crippen LogP contribution in [-0.2, 0) is 0 Å². The van der Waals surface area contributed by atoms with E-state index in [0.29, 0.717) is 0 Å². The molecule has 3 nitrogen and oxygen atoms in total. The molecule has 0 spiro atoms. The molecule has 0 bridgehead atoms. The van der Waals surface area contributed by atoms with Crippen molar-refractivity contribution in [3.8, 4) is 0 Å². The van der Waals surface area contributed by atoms with Crippen LogP contribution in [0.3, 0.4) is 0 Å². The van der Waals surface area contributed by atoms with Crippen molar-refractivity contribution in [1.29, 1.82) is 0 Å². The molecule has 1 aromatic carbocycles. The third-order valence-electron chi connectivity index (χ3n) is 1.74. The van der Waals surface area contributed by atoms with Gasteiger partial charge in [-0.25, -0.2) is 14.2 Å². The molecule has 0 radical (unpaired) electrons. The molecule has 0 aliphatic heterocycles. The number of benzene rings is 1. The summed E-state index contributed by atoms with van der Waals surface area (Å²) < 4.78 is 26.4. The Bertz CT molecular complexity index is 379. The zero-order chi connectivity index (χ0) is 12.3. The fourth-order valence-electron chi connectivity index (χ4n) is 1.02. The second-order valence-corrected chi connectivity index (χ2v) is 4.43. The van der Waals surface area contributed by atoms with Crippen molar-refractivity contribution in [2.75, 3.05) is 0 Å². The first-order valence-electron chi connectivity index (χ1n) is 4.83. The molecule has 1 rings (SSSR count). The molecule has 0 unspecified atom stereocenters.